The van der Waals surface area contributed by atoms with Crippen molar-refractivity contribution >= 4 is 28.9 Å². The van der Waals surface area contributed by atoms with Gasteiger partial charge in [0.05, 0.1) is 16.3 Å². The van der Waals surface area contributed by atoms with Crippen LogP contribution >= 0.6 is 0 Å². The molecule has 25 heavy (non-hydrogen) atoms. The van der Waals surface area contributed by atoms with Crippen molar-refractivity contribution in [3.05, 3.63) is 70.0 Å². The summed E-state index contributed by atoms with van der Waals surface area (Å²) in [5, 5.41) is 16.6. The minimum atomic E-state index is -1.10. The van der Waals surface area contributed by atoms with Crippen molar-refractivity contribution in [1.82, 2.24) is 5.43 Å². The second-order valence-corrected chi connectivity index (χ2v) is 4.88. The van der Waals surface area contributed by atoms with E-state index in [0.717, 1.165) is 6.07 Å². The molecule has 0 aliphatic carbocycles. The lowest BCUT2D eigenvalue weighted by Crippen LogP contribution is -2.33. The molecule has 0 aliphatic rings. The largest absolute Gasteiger partial charge is 0.329 e. The molecule has 0 aromatic heterocycles. The summed E-state index contributed by atoms with van der Waals surface area (Å²) < 4.78 is 13.4. The van der Waals surface area contributed by atoms with Crippen LogP contribution in [0.25, 0.3) is 0 Å². The number of halogens is 1. The van der Waals surface area contributed by atoms with Crippen molar-refractivity contribution in [3.8, 4) is 0 Å². The average Bonchev–Trinajstić information content (AvgIpc) is 2.61. The molecule has 0 bridgehead atoms. The van der Waals surface area contributed by atoms with E-state index in [0.29, 0.717) is 5.56 Å². The van der Waals surface area contributed by atoms with E-state index in [4.69, 9.17) is 0 Å². The number of non-ortho nitro benzene ring substituents is 1. The first-order valence-corrected chi connectivity index (χ1v) is 7.03. The third-order valence-corrected chi connectivity index (χ3v) is 3.13. The third kappa shape index (κ3) is 4.67. The van der Waals surface area contributed by atoms with Gasteiger partial charge >= 0.3 is 11.8 Å². The topological polar surface area (TPSA) is 114 Å². The van der Waals surface area contributed by atoms with Crippen molar-refractivity contribution in [2.75, 3.05) is 5.32 Å². The number of hydrogen-bond donors (Lipinski definition) is 2. The van der Waals surface area contributed by atoms with Crippen molar-refractivity contribution in [2.45, 2.75) is 6.92 Å². The predicted molar refractivity (Wildman–Crippen MR) is 88.5 cm³/mol. The van der Waals surface area contributed by atoms with Gasteiger partial charge in [0.15, 0.2) is 0 Å². The van der Waals surface area contributed by atoms with Crippen LogP contribution in [0.5, 0.6) is 0 Å². The number of rotatable bonds is 4. The first kappa shape index (κ1) is 17.7. The molecule has 0 spiro atoms. The van der Waals surface area contributed by atoms with Gasteiger partial charge in [-0.25, -0.2) is 9.82 Å². The van der Waals surface area contributed by atoms with Crippen LogP contribution < -0.4 is 10.7 Å². The van der Waals surface area contributed by atoms with Crippen LogP contribution in [0, 0.1) is 15.9 Å². The molecule has 0 saturated carbocycles. The molecule has 0 unspecified atom stereocenters. The summed E-state index contributed by atoms with van der Waals surface area (Å²) in [6.07, 6.45) is 0. The summed E-state index contributed by atoms with van der Waals surface area (Å²) in [5.74, 6) is -2.88. The second kappa shape index (κ2) is 7.77. The van der Waals surface area contributed by atoms with E-state index in [2.05, 4.69) is 10.4 Å². The van der Waals surface area contributed by atoms with Crippen LogP contribution in [-0.4, -0.2) is 22.4 Å². The van der Waals surface area contributed by atoms with Crippen LogP contribution in [0.2, 0.25) is 0 Å². The number of nitrogens with one attached hydrogen (secondary N) is 2. The van der Waals surface area contributed by atoms with Gasteiger partial charge in [0, 0.05) is 17.7 Å². The molecule has 0 saturated heterocycles. The van der Waals surface area contributed by atoms with Gasteiger partial charge in [-0.3, -0.25) is 19.7 Å². The maximum Gasteiger partial charge on any atom is 0.329 e. The first-order valence-electron chi connectivity index (χ1n) is 7.03. The molecule has 128 valence electrons. The van der Waals surface area contributed by atoms with Gasteiger partial charge in [-0.2, -0.15) is 5.10 Å². The summed E-state index contributed by atoms with van der Waals surface area (Å²) in [6, 6.07) is 11.0. The summed E-state index contributed by atoms with van der Waals surface area (Å²) in [4.78, 5) is 33.6. The van der Waals surface area contributed by atoms with Crippen LogP contribution in [0.1, 0.15) is 12.5 Å². The fourth-order valence-electron chi connectivity index (χ4n) is 1.84. The summed E-state index contributed by atoms with van der Waals surface area (Å²) in [7, 11) is 0. The average molecular weight is 344 g/mol. The Bertz CT molecular complexity index is 867. The highest BCUT2D eigenvalue weighted by molar-refractivity contribution is 6.39. The number of amides is 2. The number of carbonyl (C=O) groups is 2. The van der Waals surface area contributed by atoms with E-state index in [1.54, 1.807) is 6.07 Å². The molecule has 0 aliphatic heterocycles. The lowest BCUT2D eigenvalue weighted by atomic mass is 10.1. The van der Waals surface area contributed by atoms with E-state index < -0.39 is 22.6 Å². The molecule has 0 atom stereocenters. The monoisotopic (exact) mass is 344 g/mol. The van der Waals surface area contributed by atoms with Gasteiger partial charge in [0.1, 0.15) is 5.82 Å². The zero-order chi connectivity index (χ0) is 18.4. The summed E-state index contributed by atoms with van der Waals surface area (Å²) >= 11 is 0. The fourth-order valence-corrected chi connectivity index (χ4v) is 1.84. The Balaban J connectivity index is 2.03. The Hall–Kier alpha value is -3.62. The zero-order valence-electron chi connectivity index (χ0n) is 13.0. The van der Waals surface area contributed by atoms with Gasteiger partial charge in [0.25, 0.3) is 5.69 Å². The number of anilines is 1. The minimum absolute atomic E-state index is 0.129. The molecule has 2 aromatic rings. The van der Waals surface area contributed by atoms with Gasteiger partial charge in [-0.05, 0) is 19.1 Å². The molecular formula is C16H13FN4O4. The number of nitrogens with zero attached hydrogens (tertiary/aromatic N) is 2. The van der Waals surface area contributed by atoms with E-state index in [-0.39, 0.29) is 17.1 Å². The molecule has 9 heteroatoms. The number of carbonyl (C=O) groups excluding carboxylic acids is 2. The quantitative estimate of drug-likeness (QED) is 0.383. The molecule has 2 rings (SSSR count). The highest BCUT2D eigenvalue weighted by Gasteiger charge is 2.15. The minimum Gasteiger partial charge on any atom is -0.315 e. The molecule has 2 aromatic carbocycles. The number of para-hydroxylation sites is 1. The lowest BCUT2D eigenvalue weighted by Gasteiger charge is -2.05. The molecule has 0 heterocycles. The van der Waals surface area contributed by atoms with Crippen LogP contribution in [0.15, 0.2) is 53.6 Å². The third-order valence-electron chi connectivity index (χ3n) is 3.13. The molecule has 0 radical (unpaired) electrons. The molecule has 0 fully saturated rings. The Morgan fingerprint density at radius 2 is 1.84 bits per heavy atom. The molecule has 2 N–H and O–H groups in total. The number of benzene rings is 2. The van der Waals surface area contributed by atoms with Crippen molar-refractivity contribution in [3.63, 3.8) is 0 Å². The van der Waals surface area contributed by atoms with Crippen molar-refractivity contribution in [1.29, 1.82) is 0 Å². The maximum atomic E-state index is 13.4. The van der Waals surface area contributed by atoms with Crippen LogP contribution in [0.4, 0.5) is 15.8 Å². The normalized spacial score (nSPS) is 10.9. The second-order valence-electron chi connectivity index (χ2n) is 4.88. The maximum absolute atomic E-state index is 13.4. The SMILES string of the molecule is C/C(=N\NC(=O)C(=O)Nc1ccccc1F)c1cccc([N+](=O)[O-])c1. The van der Waals surface area contributed by atoms with Crippen molar-refractivity contribution < 1.29 is 18.9 Å². The summed E-state index contributed by atoms with van der Waals surface area (Å²) in [5.41, 5.74) is 2.41. The highest BCUT2D eigenvalue weighted by Crippen LogP contribution is 2.14. The number of nitro groups is 1. The van der Waals surface area contributed by atoms with E-state index in [9.17, 15) is 24.1 Å². The fraction of sp³-hybridized carbons (Fsp3) is 0.0625. The summed E-state index contributed by atoms with van der Waals surface area (Å²) in [6.45, 7) is 1.51. The van der Waals surface area contributed by atoms with Gasteiger partial charge in [-0.15, -0.1) is 0 Å². The predicted octanol–water partition coefficient (Wildman–Crippen LogP) is 2.21. The molecular weight excluding hydrogens is 331 g/mol. The highest BCUT2D eigenvalue weighted by atomic mass is 19.1. The Morgan fingerprint density at radius 3 is 2.52 bits per heavy atom. The van der Waals surface area contributed by atoms with E-state index in [1.807, 2.05) is 5.43 Å². The lowest BCUT2D eigenvalue weighted by molar-refractivity contribution is -0.384. The van der Waals surface area contributed by atoms with Gasteiger partial charge in [-0.1, -0.05) is 24.3 Å². The Morgan fingerprint density at radius 1 is 1.12 bits per heavy atom. The van der Waals surface area contributed by atoms with E-state index in [1.165, 1.54) is 43.3 Å². The van der Waals surface area contributed by atoms with Gasteiger partial charge in [0.2, 0.25) is 0 Å². The number of nitro benzene ring substituents is 1. The van der Waals surface area contributed by atoms with Crippen LogP contribution in [-0.2, 0) is 9.59 Å². The standard InChI is InChI=1S/C16H13FN4O4/c1-10(11-5-4-6-12(9-11)21(24)25)19-20-16(23)15(22)18-14-8-3-2-7-13(14)17/h2-9H,1H3,(H,18,22)(H,20,23)/b19-10+. The number of hydrogen-bond acceptors (Lipinski definition) is 5. The van der Waals surface area contributed by atoms with Gasteiger partial charge < -0.3 is 5.32 Å². The van der Waals surface area contributed by atoms with E-state index >= 15 is 0 Å². The first-order chi connectivity index (χ1) is 11.9. The number of hydrazone groups is 1. The molecule has 2 amide bonds. The van der Waals surface area contributed by atoms with Crippen LogP contribution in [0.3, 0.4) is 0 Å². The van der Waals surface area contributed by atoms with Crippen molar-refractivity contribution in [2.24, 2.45) is 5.10 Å². The molecule has 8 nitrogen and oxygen atoms in total. The Kier molecular flexibility index (Phi) is 5.51. The zero-order valence-corrected chi connectivity index (χ0v) is 13.0. The Labute approximate surface area is 141 Å². The smallest absolute Gasteiger partial charge is 0.315 e.